The number of nitrogens with zero attached hydrogens (tertiary/aromatic N) is 2. The number of amides is 1. The molecule has 174 valence electrons. The lowest BCUT2D eigenvalue weighted by Crippen LogP contribution is -2.36. The van der Waals surface area contributed by atoms with Gasteiger partial charge in [0.05, 0.1) is 13.2 Å². The summed E-state index contributed by atoms with van der Waals surface area (Å²) in [5.74, 6) is -0.0553. The number of aromatic nitrogens is 2. The monoisotopic (exact) mass is 478 g/mol. The van der Waals surface area contributed by atoms with Gasteiger partial charge in [0.25, 0.3) is 5.91 Å². The molecule has 1 aromatic heterocycles. The number of rotatable bonds is 6. The van der Waals surface area contributed by atoms with Gasteiger partial charge in [0.1, 0.15) is 16.6 Å². The van der Waals surface area contributed by atoms with E-state index in [1.54, 1.807) is 24.3 Å². The van der Waals surface area contributed by atoms with Gasteiger partial charge in [-0.2, -0.15) is 18.3 Å². The highest BCUT2D eigenvalue weighted by atomic mass is 35.5. The quantitative estimate of drug-likeness (QED) is 0.512. The van der Waals surface area contributed by atoms with Gasteiger partial charge in [-0.05, 0) is 29.7 Å². The topological polar surface area (TPSA) is 68.2 Å². The summed E-state index contributed by atoms with van der Waals surface area (Å²) in [7, 11) is 1.51. The van der Waals surface area contributed by atoms with Crippen LogP contribution in [0, 0.1) is 0 Å². The van der Waals surface area contributed by atoms with E-state index in [2.05, 4.69) is 15.7 Å². The maximum atomic E-state index is 13.9. The van der Waals surface area contributed by atoms with Crippen LogP contribution in [-0.2, 0) is 6.42 Å². The first-order chi connectivity index (χ1) is 15.8. The van der Waals surface area contributed by atoms with Crippen molar-refractivity contribution in [2.75, 3.05) is 19.0 Å². The second kappa shape index (κ2) is 9.35. The first-order valence-electron chi connectivity index (χ1n) is 10.3. The molecule has 6 nitrogen and oxygen atoms in total. The summed E-state index contributed by atoms with van der Waals surface area (Å²) in [6.45, 7) is 0.298. The predicted molar refractivity (Wildman–Crippen MR) is 119 cm³/mol. The zero-order valence-corrected chi connectivity index (χ0v) is 18.5. The van der Waals surface area contributed by atoms with Crippen LogP contribution in [0.4, 0.5) is 19.0 Å². The van der Waals surface area contributed by atoms with Crippen molar-refractivity contribution in [2.24, 2.45) is 0 Å². The molecule has 2 atom stereocenters. The number of carbonyl (C=O) groups excluding carboxylic acids is 1. The van der Waals surface area contributed by atoms with E-state index in [0.717, 1.165) is 10.2 Å². The molecule has 10 heteroatoms. The van der Waals surface area contributed by atoms with Crippen LogP contribution < -0.4 is 15.4 Å². The van der Waals surface area contributed by atoms with E-state index in [1.807, 2.05) is 30.3 Å². The number of anilines is 1. The number of hydrogen-bond donors (Lipinski definition) is 2. The molecule has 2 heterocycles. The minimum Gasteiger partial charge on any atom is -0.497 e. The van der Waals surface area contributed by atoms with Gasteiger partial charge < -0.3 is 15.4 Å². The summed E-state index contributed by atoms with van der Waals surface area (Å²) in [4.78, 5) is 12.7. The van der Waals surface area contributed by atoms with Gasteiger partial charge in [-0.15, -0.1) is 0 Å². The highest BCUT2D eigenvalue weighted by Crippen LogP contribution is 2.46. The smallest absolute Gasteiger partial charge is 0.410 e. The van der Waals surface area contributed by atoms with Gasteiger partial charge in [0, 0.05) is 13.0 Å². The number of fused-ring (bicyclic) bond motifs is 1. The Morgan fingerprint density at radius 1 is 1.21 bits per heavy atom. The Morgan fingerprint density at radius 3 is 2.55 bits per heavy atom. The lowest BCUT2D eigenvalue weighted by molar-refractivity contribution is -0.173. The van der Waals surface area contributed by atoms with Crippen molar-refractivity contribution in [2.45, 2.75) is 31.1 Å². The van der Waals surface area contributed by atoms with Gasteiger partial charge in [-0.25, -0.2) is 4.68 Å². The normalized spacial score (nSPS) is 17.7. The van der Waals surface area contributed by atoms with Gasteiger partial charge in [-0.1, -0.05) is 54.1 Å². The summed E-state index contributed by atoms with van der Waals surface area (Å²) >= 11 is 6.35. The summed E-state index contributed by atoms with van der Waals surface area (Å²) in [5, 5.41) is 9.52. The van der Waals surface area contributed by atoms with Crippen LogP contribution in [0.5, 0.6) is 5.75 Å². The van der Waals surface area contributed by atoms with Crippen molar-refractivity contribution in [1.82, 2.24) is 15.1 Å². The van der Waals surface area contributed by atoms with Crippen molar-refractivity contribution < 1.29 is 22.7 Å². The van der Waals surface area contributed by atoms with Crippen molar-refractivity contribution >= 4 is 23.3 Å². The number of methoxy groups -OCH3 is 1. The van der Waals surface area contributed by atoms with Crippen molar-refractivity contribution in [3.05, 3.63) is 76.4 Å². The van der Waals surface area contributed by atoms with E-state index in [0.29, 0.717) is 24.3 Å². The number of carbonyl (C=O) groups is 1. The number of halogens is 4. The third kappa shape index (κ3) is 4.93. The van der Waals surface area contributed by atoms with E-state index >= 15 is 0 Å². The molecule has 0 radical (unpaired) electrons. The van der Waals surface area contributed by atoms with Gasteiger partial charge in [-0.3, -0.25) is 4.79 Å². The number of alkyl halides is 3. The van der Waals surface area contributed by atoms with Gasteiger partial charge in [0.2, 0.25) is 0 Å². The molecule has 0 saturated carbocycles. The molecular weight excluding hydrogens is 457 g/mol. The van der Waals surface area contributed by atoms with Crippen LogP contribution in [-0.4, -0.2) is 35.5 Å². The Kier molecular flexibility index (Phi) is 6.51. The summed E-state index contributed by atoms with van der Waals surface area (Å²) < 4.78 is 47.6. The third-order valence-corrected chi connectivity index (χ3v) is 5.93. The molecule has 33 heavy (non-hydrogen) atoms. The molecule has 0 aliphatic carbocycles. The van der Waals surface area contributed by atoms with E-state index in [1.165, 1.54) is 7.11 Å². The first-order valence-corrected chi connectivity index (χ1v) is 10.7. The van der Waals surface area contributed by atoms with E-state index < -0.39 is 24.2 Å². The number of nitrogens with one attached hydrogen (secondary N) is 2. The summed E-state index contributed by atoms with van der Waals surface area (Å²) in [5.41, 5.74) is 1.42. The Hall–Kier alpha value is -3.20. The van der Waals surface area contributed by atoms with Crippen LogP contribution in [0.15, 0.2) is 54.6 Å². The molecule has 2 N–H and O–H groups in total. The molecule has 4 rings (SSSR count). The zero-order valence-electron chi connectivity index (χ0n) is 17.7. The van der Waals surface area contributed by atoms with E-state index in [4.69, 9.17) is 16.3 Å². The zero-order chi connectivity index (χ0) is 23.6. The Morgan fingerprint density at radius 2 is 1.91 bits per heavy atom. The Bertz CT molecular complexity index is 1120. The average molecular weight is 479 g/mol. The fourth-order valence-corrected chi connectivity index (χ4v) is 4.10. The molecule has 2 aromatic carbocycles. The van der Waals surface area contributed by atoms with Crippen molar-refractivity contribution in [3.63, 3.8) is 0 Å². The Balaban J connectivity index is 1.57. The standard InChI is InChI=1S/C23H22ClF3N4O2/c1-33-16-9-7-15(8-10-16)17-13-18(23(25,26)27)31-21(29-17)19(24)20(30-31)22(32)28-12-11-14-5-3-2-4-6-14/h2-10,17-18,29H,11-13H2,1H3,(H,28,32)/t17-,18+/m0/s1. The predicted octanol–water partition coefficient (Wildman–Crippen LogP) is 5.18. The maximum Gasteiger partial charge on any atom is 0.410 e. The molecule has 0 fully saturated rings. The number of hydrogen-bond acceptors (Lipinski definition) is 4. The molecule has 0 spiro atoms. The molecule has 0 bridgehead atoms. The highest BCUT2D eigenvalue weighted by Gasteiger charge is 2.47. The fraction of sp³-hybridized carbons (Fsp3) is 0.304. The molecule has 0 saturated heterocycles. The van der Waals surface area contributed by atoms with Crippen molar-refractivity contribution in [1.29, 1.82) is 0 Å². The largest absolute Gasteiger partial charge is 0.497 e. The molecule has 1 aliphatic heterocycles. The summed E-state index contributed by atoms with van der Waals surface area (Å²) in [6.07, 6.45) is -4.30. The van der Waals surface area contributed by atoms with Crippen LogP contribution in [0.25, 0.3) is 0 Å². The number of benzene rings is 2. The second-order valence-corrected chi connectivity index (χ2v) is 8.09. The lowest BCUT2D eigenvalue weighted by Gasteiger charge is -2.33. The molecular formula is C23H22ClF3N4O2. The summed E-state index contributed by atoms with van der Waals surface area (Å²) in [6, 6.07) is 13.7. The Labute approximate surface area is 193 Å². The van der Waals surface area contributed by atoms with E-state index in [9.17, 15) is 18.0 Å². The van der Waals surface area contributed by atoms with Crippen LogP contribution in [0.2, 0.25) is 5.02 Å². The minimum absolute atomic E-state index is 0.0285. The lowest BCUT2D eigenvalue weighted by atomic mass is 9.97. The molecule has 1 aliphatic rings. The minimum atomic E-state index is -4.57. The van der Waals surface area contributed by atoms with Gasteiger partial charge in [0.15, 0.2) is 11.7 Å². The van der Waals surface area contributed by atoms with Crippen LogP contribution >= 0.6 is 11.6 Å². The maximum absolute atomic E-state index is 13.9. The number of ether oxygens (including phenoxy) is 1. The molecule has 3 aromatic rings. The van der Waals surface area contributed by atoms with E-state index in [-0.39, 0.29) is 23.0 Å². The fourth-order valence-electron chi connectivity index (χ4n) is 3.84. The van der Waals surface area contributed by atoms with Gasteiger partial charge >= 0.3 is 6.18 Å². The van der Waals surface area contributed by atoms with Crippen LogP contribution in [0.3, 0.4) is 0 Å². The molecule has 1 amide bonds. The SMILES string of the molecule is COc1ccc([C@@H]2C[C@H](C(F)(F)F)n3nc(C(=O)NCCc4ccccc4)c(Cl)c3N2)cc1. The highest BCUT2D eigenvalue weighted by molar-refractivity contribution is 6.36. The molecule has 0 unspecified atom stereocenters. The average Bonchev–Trinajstić information content (AvgIpc) is 3.15. The third-order valence-electron chi connectivity index (χ3n) is 5.57. The second-order valence-electron chi connectivity index (χ2n) is 7.71. The van der Waals surface area contributed by atoms with Crippen LogP contribution in [0.1, 0.15) is 40.1 Å². The van der Waals surface area contributed by atoms with Crippen molar-refractivity contribution in [3.8, 4) is 5.75 Å². The first kappa shape index (κ1) is 23.0.